The number of ether oxygens (including phenoxy) is 2. The molecule has 3 nitrogen and oxygen atoms in total. The van der Waals surface area contributed by atoms with Gasteiger partial charge in [-0.15, -0.1) is 0 Å². The van der Waals surface area contributed by atoms with E-state index in [-0.39, 0.29) is 6.04 Å². The molecule has 0 aromatic heterocycles. The number of methoxy groups -OCH3 is 1. The topological polar surface area (TPSA) is 44.5 Å². The third-order valence-corrected chi connectivity index (χ3v) is 3.92. The maximum atomic E-state index is 6.33. The number of benzene rings is 1. The zero-order chi connectivity index (χ0) is 13.1. The predicted octanol–water partition coefficient (Wildman–Crippen LogP) is 2.74. The Morgan fingerprint density at radius 1 is 1.44 bits per heavy atom. The van der Waals surface area contributed by atoms with E-state index in [1.165, 1.54) is 11.1 Å². The van der Waals surface area contributed by atoms with Gasteiger partial charge in [0.15, 0.2) is 0 Å². The van der Waals surface area contributed by atoms with Crippen molar-refractivity contribution in [2.45, 2.75) is 32.7 Å². The molecular formula is C15H23NO2. The van der Waals surface area contributed by atoms with Gasteiger partial charge in [0.05, 0.1) is 7.11 Å². The SMILES string of the molecule is COc1c(C(N)CC2CCOC2)ccc(C)c1C. The Balaban J connectivity index is 2.18. The van der Waals surface area contributed by atoms with Gasteiger partial charge in [-0.2, -0.15) is 0 Å². The Bertz CT molecular complexity index is 411. The fourth-order valence-electron chi connectivity index (χ4n) is 2.63. The van der Waals surface area contributed by atoms with Crippen molar-refractivity contribution in [3.05, 3.63) is 28.8 Å². The van der Waals surface area contributed by atoms with Crippen molar-refractivity contribution in [1.29, 1.82) is 0 Å². The molecule has 2 atom stereocenters. The van der Waals surface area contributed by atoms with Crippen LogP contribution in [0.15, 0.2) is 12.1 Å². The molecule has 1 aromatic rings. The zero-order valence-electron chi connectivity index (χ0n) is 11.5. The molecule has 2 rings (SSSR count). The first-order valence-electron chi connectivity index (χ1n) is 6.61. The van der Waals surface area contributed by atoms with Crippen LogP contribution in [0, 0.1) is 19.8 Å². The second kappa shape index (κ2) is 5.72. The summed E-state index contributed by atoms with van der Waals surface area (Å²) in [7, 11) is 1.72. The number of hydrogen-bond donors (Lipinski definition) is 1. The standard InChI is InChI=1S/C15H23NO2/c1-10-4-5-13(15(17-3)11(10)2)14(16)8-12-6-7-18-9-12/h4-5,12,14H,6-9,16H2,1-3H3. The molecule has 0 amide bonds. The van der Waals surface area contributed by atoms with Crippen molar-refractivity contribution in [3.8, 4) is 5.75 Å². The molecule has 18 heavy (non-hydrogen) atoms. The summed E-state index contributed by atoms with van der Waals surface area (Å²) in [5, 5.41) is 0. The van der Waals surface area contributed by atoms with Gasteiger partial charge in [0, 0.05) is 24.8 Å². The third kappa shape index (κ3) is 2.68. The van der Waals surface area contributed by atoms with Crippen LogP contribution in [0.3, 0.4) is 0 Å². The van der Waals surface area contributed by atoms with Crippen LogP contribution in [-0.2, 0) is 4.74 Å². The van der Waals surface area contributed by atoms with Gasteiger partial charge in [0.1, 0.15) is 5.75 Å². The molecule has 0 radical (unpaired) electrons. The number of nitrogens with two attached hydrogens (primary N) is 1. The molecule has 2 unspecified atom stereocenters. The van der Waals surface area contributed by atoms with Crippen molar-refractivity contribution >= 4 is 0 Å². The van der Waals surface area contributed by atoms with Crippen LogP contribution in [0.1, 0.15) is 35.6 Å². The fourth-order valence-corrected chi connectivity index (χ4v) is 2.63. The lowest BCUT2D eigenvalue weighted by Crippen LogP contribution is -2.17. The second-order valence-corrected chi connectivity index (χ2v) is 5.20. The first-order chi connectivity index (χ1) is 8.63. The Morgan fingerprint density at radius 3 is 2.83 bits per heavy atom. The van der Waals surface area contributed by atoms with Crippen molar-refractivity contribution in [2.75, 3.05) is 20.3 Å². The summed E-state index contributed by atoms with van der Waals surface area (Å²) in [5.74, 6) is 1.53. The zero-order valence-corrected chi connectivity index (χ0v) is 11.5. The molecule has 3 heteroatoms. The van der Waals surface area contributed by atoms with Gasteiger partial charge in [-0.1, -0.05) is 12.1 Å². The Hall–Kier alpha value is -1.06. The van der Waals surface area contributed by atoms with E-state index in [1.807, 2.05) is 0 Å². The van der Waals surface area contributed by atoms with E-state index in [9.17, 15) is 0 Å². The average molecular weight is 249 g/mol. The smallest absolute Gasteiger partial charge is 0.126 e. The van der Waals surface area contributed by atoms with Crippen LogP contribution < -0.4 is 10.5 Å². The highest BCUT2D eigenvalue weighted by Gasteiger charge is 2.22. The highest BCUT2D eigenvalue weighted by molar-refractivity contribution is 5.46. The van der Waals surface area contributed by atoms with E-state index in [4.69, 9.17) is 15.2 Å². The molecule has 0 spiro atoms. The number of rotatable bonds is 4. The summed E-state index contributed by atoms with van der Waals surface area (Å²) >= 11 is 0. The van der Waals surface area contributed by atoms with E-state index in [2.05, 4.69) is 26.0 Å². The summed E-state index contributed by atoms with van der Waals surface area (Å²) in [6, 6.07) is 4.26. The van der Waals surface area contributed by atoms with E-state index in [0.29, 0.717) is 5.92 Å². The first-order valence-corrected chi connectivity index (χ1v) is 6.61. The van der Waals surface area contributed by atoms with Crippen LogP contribution in [0.4, 0.5) is 0 Å². The molecule has 0 saturated carbocycles. The molecule has 1 aliphatic rings. The van der Waals surface area contributed by atoms with Gasteiger partial charge < -0.3 is 15.2 Å². The van der Waals surface area contributed by atoms with E-state index < -0.39 is 0 Å². The third-order valence-electron chi connectivity index (χ3n) is 3.92. The lowest BCUT2D eigenvalue weighted by atomic mass is 9.92. The Morgan fingerprint density at radius 2 is 2.22 bits per heavy atom. The average Bonchev–Trinajstić information content (AvgIpc) is 2.85. The highest BCUT2D eigenvalue weighted by Crippen LogP contribution is 2.33. The van der Waals surface area contributed by atoms with E-state index in [1.54, 1.807) is 7.11 Å². The maximum Gasteiger partial charge on any atom is 0.126 e. The second-order valence-electron chi connectivity index (χ2n) is 5.20. The van der Waals surface area contributed by atoms with Gasteiger partial charge in [-0.25, -0.2) is 0 Å². The molecule has 0 bridgehead atoms. The summed E-state index contributed by atoms with van der Waals surface area (Å²) in [5.41, 5.74) is 9.88. The molecule has 1 aromatic carbocycles. The van der Waals surface area contributed by atoms with Gasteiger partial charge in [-0.3, -0.25) is 0 Å². The molecule has 100 valence electrons. The predicted molar refractivity (Wildman–Crippen MR) is 72.9 cm³/mol. The molecule has 1 heterocycles. The quantitative estimate of drug-likeness (QED) is 0.892. The van der Waals surface area contributed by atoms with Crippen LogP contribution >= 0.6 is 0 Å². The van der Waals surface area contributed by atoms with Crippen molar-refractivity contribution in [3.63, 3.8) is 0 Å². The largest absolute Gasteiger partial charge is 0.496 e. The lowest BCUT2D eigenvalue weighted by molar-refractivity contribution is 0.182. The van der Waals surface area contributed by atoms with Crippen molar-refractivity contribution < 1.29 is 9.47 Å². The fraction of sp³-hybridized carbons (Fsp3) is 0.600. The number of hydrogen-bond acceptors (Lipinski definition) is 3. The molecule has 2 N–H and O–H groups in total. The Labute approximate surface area is 109 Å². The van der Waals surface area contributed by atoms with E-state index in [0.717, 1.165) is 37.4 Å². The monoisotopic (exact) mass is 249 g/mol. The Kier molecular flexibility index (Phi) is 4.25. The first kappa shape index (κ1) is 13.4. The summed E-state index contributed by atoms with van der Waals surface area (Å²) in [6.07, 6.45) is 2.10. The van der Waals surface area contributed by atoms with Gasteiger partial charge in [0.25, 0.3) is 0 Å². The summed E-state index contributed by atoms with van der Waals surface area (Å²) in [6.45, 7) is 5.91. The number of aryl methyl sites for hydroxylation is 1. The molecule has 1 fully saturated rings. The summed E-state index contributed by atoms with van der Waals surface area (Å²) < 4.78 is 10.9. The summed E-state index contributed by atoms with van der Waals surface area (Å²) in [4.78, 5) is 0. The minimum absolute atomic E-state index is 0.0333. The van der Waals surface area contributed by atoms with Crippen molar-refractivity contribution in [1.82, 2.24) is 0 Å². The van der Waals surface area contributed by atoms with Crippen LogP contribution in [0.2, 0.25) is 0 Å². The van der Waals surface area contributed by atoms with Crippen LogP contribution in [-0.4, -0.2) is 20.3 Å². The maximum absolute atomic E-state index is 6.33. The van der Waals surface area contributed by atoms with Gasteiger partial charge in [0.2, 0.25) is 0 Å². The highest BCUT2D eigenvalue weighted by atomic mass is 16.5. The minimum atomic E-state index is 0.0333. The van der Waals surface area contributed by atoms with Crippen molar-refractivity contribution in [2.24, 2.45) is 11.7 Å². The molecule has 0 aliphatic carbocycles. The van der Waals surface area contributed by atoms with Gasteiger partial charge in [-0.05, 0) is 43.7 Å². The molecule has 1 saturated heterocycles. The van der Waals surface area contributed by atoms with E-state index >= 15 is 0 Å². The normalized spacial score (nSPS) is 21.0. The van der Waals surface area contributed by atoms with Crippen LogP contribution in [0.25, 0.3) is 0 Å². The van der Waals surface area contributed by atoms with Crippen LogP contribution in [0.5, 0.6) is 5.75 Å². The lowest BCUT2D eigenvalue weighted by Gasteiger charge is -2.20. The molecular weight excluding hydrogens is 226 g/mol. The minimum Gasteiger partial charge on any atom is -0.496 e. The molecule has 1 aliphatic heterocycles. The van der Waals surface area contributed by atoms with Gasteiger partial charge >= 0.3 is 0 Å².